The summed E-state index contributed by atoms with van der Waals surface area (Å²) in [5, 5.41) is 4.10. The molecule has 0 bridgehead atoms. The average Bonchev–Trinajstić information content (AvgIpc) is 2.51. The standard InChI is InChI=1S/C17H17Cl2NO2/c18-15-7-3-1-5-13(15)9-11-20-17(21)22-12-10-14-6-2-4-8-16(14)19/h1-8H,9-12H2,(H,20,21). The van der Waals surface area contributed by atoms with Crippen LogP contribution in [-0.4, -0.2) is 19.2 Å². The predicted molar refractivity (Wildman–Crippen MR) is 89.7 cm³/mol. The average molecular weight is 338 g/mol. The molecule has 22 heavy (non-hydrogen) atoms. The summed E-state index contributed by atoms with van der Waals surface area (Å²) >= 11 is 12.1. The number of carbonyl (C=O) groups excluding carboxylic acids is 1. The Morgan fingerprint density at radius 1 is 0.909 bits per heavy atom. The number of amides is 1. The smallest absolute Gasteiger partial charge is 0.407 e. The molecule has 0 fully saturated rings. The molecule has 2 aromatic rings. The number of hydrogen-bond donors (Lipinski definition) is 1. The van der Waals surface area contributed by atoms with Gasteiger partial charge < -0.3 is 10.1 Å². The Morgan fingerprint density at radius 3 is 2.05 bits per heavy atom. The van der Waals surface area contributed by atoms with Gasteiger partial charge in [-0.05, 0) is 29.7 Å². The van der Waals surface area contributed by atoms with Gasteiger partial charge in [0.15, 0.2) is 0 Å². The van der Waals surface area contributed by atoms with E-state index in [1.165, 1.54) is 0 Å². The summed E-state index contributed by atoms with van der Waals surface area (Å²) in [6.07, 6.45) is 0.829. The molecule has 3 nitrogen and oxygen atoms in total. The number of carbonyl (C=O) groups is 1. The number of benzene rings is 2. The molecule has 5 heteroatoms. The van der Waals surface area contributed by atoms with E-state index in [1.54, 1.807) is 0 Å². The van der Waals surface area contributed by atoms with Gasteiger partial charge in [-0.25, -0.2) is 4.79 Å². The van der Waals surface area contributed by atoms with E-state index in [9.17, 15) is 4.79 Å². The van der Waals surface area contributed by atoms with Crippen LogP contribution in [-0.2, 0) is 17.6 Å². The van der Waals surface area contributed by atoms with Gasteiger partial charge in [-0.2, -0.15) is 0 Å². The first kappa shape index (κ1) is 16.7. The van der Waals surface area contributed by atoms with E-state index >= 15 is 0 Å². The molecule has 0 saturated heterocycles. The number of alkyl carbamates (subject to hydrolysis) is 1. The molecule has 0 aliphatic heterocycles. The zero-order valence-corrected chi connectivity index (χ0v) is 13.5. The van der Waals surface area contributed by atoms with Crippen LogP contribution in [0.4, 0.5) is 4.79 Å². The van der Waals surface area contributed by atoms with Gasteiger partial charge in [0.05, 0.1) is 6.61 Å². The van der Waals surface area contributed by atoms with E-state index < -0.39 is 6.09 Å². The molecule has 0 aromatic heterocycles. The van der Waals surface area contributed by atoms with Crippen LogP contribution in [0.5, 0.6) is 0 Å². The molecule has 0 radical (unpaired) electrons. The number of ether oxygens (including phenoxy) is 1. The summed E-state index contributed by atoms with van der Waals surface area (Å²) in [5.41, 5.74) is 1.97. The van der Waals surface area contributed by atoms with Crippen molar-refractivity contribution in [2.45, 2.75) is 12.8 Å². The number of rotatable bonds is 6. The Bertz CT molecular complexity index is 578. The van der Waals surface area contributed by atoms with Crippen molar-refractivity contribution in [3.63, 3.8) is 0 Å². The quantitative estimate of drug-likeness (QED) is 0.842. The van der Waals surface area contributed by atoms with Crippen LogP contribution in [0.2, 0.25) is 10.0 Å². The van der Waals surface area contributed by atoms with Crippen molar-refractivity contribution in [3.8, 4) is 0 Å². The van der Waals surface area contributed by atoms with Crippen LogP contribution >= 0.6 is 23.2 Å². The minimum atomic E-state index is -0.431. The molecule has 0 atom stereocenters. The van der Waals surface area contributed by atoms with Gasteiger partial charge in [-0.15, -0.1) is 0 Å². The highest BCUT2D eigenvalue weighted by atomic mass is 35.5. The molecule has 116 valence electrons. The summed E-state index contributed by atoms with van der Waals surface area (Å²) in [5.74, 6) is 0. The Kier molecular flexibility index (Phi) is 6.56. The highest BCUT2D eigenvalue weighted by Gasteiger charge is 2.04. The van der Waals surface area contributed by atoms with Gasteiger partial charge in [0.1, 0.15) is 0 Å². The lowest BCUT2D eigenvalue weighted by Gasteiger charge is -2.08. The van der Waals surface area contributed by atoms with Crippen LogP contribution < -0.4 is 5.32 Å². The van der Waals surface area contributed by atoms with Gasteiger partial charge >= 0.3 is 6.09 Å². The molecule has 0 heterocycles. The summed E-state index contributed by atoms with van der Waals surface area (Å²) in [7, 11) is 0. The second-order valence-corrected chi connectivity index (χ2v) is 5.56. The second kappa shape index (κ2) is 8.66. The maximum absolute atomic E-state index is 11.6. The molecule has 0 unspecified atom stereocenters. The minimum Gasteiger partial charge on any atom is -0.449 e. The highest BCUT2D eigenvalue weighted by molar-refractivity contribution is 6.31. The molecule has 1 N–H and O–H groups in total. The molecule has 1 amide bonds. The molecule has 0 aliphatic rings. The van der Waals surface area contributed by atoms with Gasteiger partial charge in [0.25, 0.3) is 0 Å². The first-order valence-corrected chi connectivity index (χ1v) is 7.80. The fourth-order valence-corrected chi connectivity index (χ4v) is 2.47. The van der Waals surface area contributed by atoms with Crippen LogP contribution in [0.1, 0.15) is 11.1 Å². The molecule has 0 spiro atoms. The van der Waals surface area contributed by atoms with Crippen LogP contribution in [0.3, 0.4) is 0 Å². The largest absolute Gasteiger partial charge is 0.449 e. The Hall–Kier alpha value is -1.71. The Balaban J connectivity index is 1.66. The minimum absolute atomic E-state index is 0.293. The third-order valence-corrected chi connectivity index (χ3v) is 3.92. The summed E-state index contributed by atoms with van der Waals surface area (Å²) < 4.78 is 5.13. The zero-order chi connectivity index (χ0) is 15.8. The first-order chi connectivity index (χ1) is 10.7. The number of halogens is 2. The van der Waals surface area contributed by atoms with Crippen LogP contribution in [0, 0.1) is 0 Å². The third kappa shape index (κ3) is 5.24. The van der Waals surface area contributed by atoms with E-state index in [2.05, 4.69) is 5.32 Å². The van der Waals surface area contributed by atoms with Crippen molar-refractivity contribution >= 4 is 29.3 Å². The van der Waals surface area contributed by atoms with Crippen LogP contribution in [0.25, 0.3) is 0 Å². The third-order valence-electron chi connectivity index (χ3n) is 3.18. The SMILES string of the molecule is O=C(NCCc1ccccc1Cl)OCCc1ccccc1Cl. The summed E-state index contributed by atoms with van der Waals surface area (Å²) in [6, 6.07) is 15.1. The van der Waals surface area contributed by atoms with E-state index in [1.807, 2.05) is 48.5 Å². The Labute approximate surface area is 140 Å². The van der Waals surface area contributed by atoms with Crippen molar-refractivity contribution in [1.29, 1.82) is 0 Å². The molecular formula is C17H17Cl2NO2. The second-order valence-electron chi connectivity index (χ2n) is 4.75. The fourth-order valence-electron chi connectivity index (χ4n) is 2.01. The molecule has 2 aromatic carbocycles. The molecule has 2 rings (SSSR count). The van der Waals surface area contributed by atoms with E-state index in [0.29, 0.717) is 36.0 Å². The fraction of sp³-hybridized carbons (Fsp3) is 0.235. The van der Waals surface area contributed by atoms with Crippen LogP contribution in [0.15, 0.2) is 48.5 Å². The van der Waals surface area contributed by atoms with E-state index in [-0.39, 0.29) is 0 Å². The van der Waals surface area contributed by atoms with E-state index in [4.69, 9.17) is 27.9 Å². The highest BCUT2D eigenvalue weighted by Crippen LogP contribution is 2.16. The van der Waals surface area contributed by atoms with Crippen molar-refractivity contribution in [3.05, 3.63) is 69.7 Å². The monoisotopic (exact) mass is 337 g/mol. The summed E-state index contributed by atoms with van der Waals surface area (Å²) in [6.45, 7) is 0.774. The number of nitrogens with one attached hydrogen (secondary N) is 1. The van der Waals surface area contributed by atoms with Gasteiger partial charge in [-0.3, -0.25) is 0 Å². The van der Waals surface area contributed by atoms with Gasteiger partial charge in [0, 0.05) is 23.0 Å². The maximum atomic E-state index is 11.6. The van der Waals surface area contributed by atoms with Crippen molar-refractivity contribution in [1.82, 2.24) is 5.32 Å². The number of hydrogen-bond acceptors (Lipinski definition) is 2. The Morgan fingerprint density at radius 2 is 1.45 bits per heavy atom. The van der Waals surface area contributed by atoms with Gasteiger partial charge in [-0.1, -0.05) is 59.6 Å². The lowest BCUT2D eigenvalue weighted by Crippen LogP contribution is -2.27. The topological polar surface area (TPSA) is 38.3 Å². The maximum Gasteiger partial charge on any atom is 0.407 e. The normalized spacial score (nSPS) is 10.3. The zero-order valence-electron chi connectivity index (χ0n) is 12.0. The van der Waals surface area contributed by atoms with Gasteiger partial charge in [0.2, 0.25) is 0 Å². The molecule has 0 aliphatic carbocycles. The van der Waals surface area contributed by atoms with Crippen molar-refractivity contribution in [2.24, 2.45) is 0 Å². The summed E-state index contributed by atoms with van der Waals surface area (Å²) in [4.78, 5) is 11.6. The van der Waals surface area contributed by atoms with E-state index in [0.717, 1.165) is 11.1 Å². The lowest BCUT2D eigenvalue weighted by atomic mass is 10.1. The molecule has 0 saturated carbocycles. The lowest BCUT2D eigenvalue weighted by molar-refractivity contribution is 0.147. The first-order valence-electron chi connectivity index (χ1n) is 7.04. The van der Waals surface area contributed by atoms with Crippen molar-refractivity contribution in [2.75, 3.05) is 13.2 Å². The van der Waals surface area contributed by atoms with Crippen molar-refractivity contribution < 1.29 is 9.53 Å². The molecular weight excluding hydrogens is 321 g/mol. The predicted octanol–water partition coefficient (Wildman–Crippen LogP) is 4.50.